The van der Waals surface area contributed by atoms with Crippen molar-refractivity contribution in [3.63, 3.8) is 0 Å². The van der Waals surface area contributed by atoms with Crippen molar-refractivity contribution >= 4 is 40.9 Å². The molecule has 0 spiro atoms. The van der Waals surface area contributed by atoms with E-state index in [1.807, 2.05) is 0 Å². The molecule has 146 valence electrons. The fraction of sp³-hybridized carbons (Fsp3) is 0.500. The second-order valence-corrected chi connectivity index (χ2v) is 8.43. The molecule has 0 aliphatic carbocycles. The molecule has 1 saturated heterocycles. The molecule has 3 rings (SSSR count). The first kappa shape index (κ1) is 20.1. The summed E-state index contributed by atoms with van der Waals surface area (Å²) in [4.78, 5) is 21.7. The molecule has 27 heavy (non-hydrogen) atoms. The van der Waals surface area contributed by atoms with Crippen molar-refractivity contribution in [1.29, 1.82) is 0 Å². The number of likely N-dealkylation sites (tertiary alicyclic amines) is 1. The van der Waals surface area contributed by atoms with E-state index in [1.165, 1.54) is 0 Å². The summed E-state index contributed by atoms with van der Waals surface area (Å²) in [5, 5.41) is 3.93. The van der Waals surface area contributed by atoms with Crippen LogP contribution in [-0.4, -0.2) is 55.7 Å². The molecule has 3 heterocycles. The Morgan fingerprint density at radius 3 is 2.63 bits per heavy atom. The molecule has 1 aliphatic rings. The minimum absolute atomic E-state index is 0.0153. The summed E-state index contributed by atoms with van der Waals surface area (Å²) in [6.45, 7) is 0.912. The van der Waals surface area contributed by atoms with Gasteiger partial charge in [0.05, 0.1) is 6.10 Å². The minimum Gasteiger partial charge on any atom is -0.445 e. The third kappa shape index (κ3) is 6.21. The largest absolute Gasteiger partial charge is 0.445 e. The van der Waals surface area contributed by atoms with Crippen LogP contribution in [0.25, 0.3) is 11.4 Å². The zero-order chi connectivity index (χ0) is 19.3. The van der Waals surface area contributed by atoms with E-state index < -0.39 is 9.89 Å². The van der Waals surface area contributed by atoms with Crippen LogP contribution in [0.4, 0.5) is 4.79 Å². The maximum absolute atomic E-state index is 11.9. The van der Waals surface area contributed by atoms with Crippen LogP contribution in [0.5, 0.6) is 0 Å². The van der Waals surface area contributed by atoms with Gasteiger partial charge in [-0.2, -0.15) is 4.98 Å². The van der Waals surface area contributed by atoms with Gasteiger partial charge in [0.2, 0.25) is 9.62 Å². The fourth-order valence-corrected chi connectivity index (χ4v) is 2.72. The monoisotopic (exact) mass is 434 g/mol. The highest BCUT2D eigenvalue weighted by Gasteiger charge is 2.28. The SMILES string of the molecule is O=C(OCC(Cl)(Cl)Cl)N1CCC(OCc2nc(-c3ccncc3)no2)CC1. The first-order valence-corrected chi connectivity index (χ1v) is 9.37. The van der Waals surface area contributed by atoms with Gasteiger partial charge in [-0.15, -0.1) is 0 Å². The van der Waals surface area contributed by atoms with Crippen LogP contribution < -0.4 is 0 Å². The molecule has 8 nitrogen and oxygen atoms in total. The van der Waals surface area contributed by atoms with E-state index in [4.69, 9.17) is 48.8 Å². The van der Waals surface area contributed by atoms with E-state index in [9.17, 15) is 4.79 Å². The number of aromatic nitrogens is 3. The standard InChI is InChI=1S/C16H17Cl3N4O4/c17-16(18,19)10-26-15(24)23-7-3-12(4-8-23)25-9-13-21-14(22-27-13)11-1-5-20-6-2-11/h1-2,5-6,12H,3-4,7-10H2. The van der Waals surface area contributed by atoms with Crippen molar-refractivity contribution in [2.45, 2.75) is 29.3 Å². The molecule has 2 aromatic rings. The quantitative estimate of drug-likeness (QED) is 0.662. The van der Waals surface area contributed by atoms with Gasteiger partial charge >= 0.3 is 6.09 Å². The van der Waals surface area contributed by atoms with E-state index in [0.29, 0.717) is 37.6 Å². The molecule has 1 amide bonds. The molecule has 0 unspecified atom stereocenters. The fourth-order valence-electron chi connectivity index (χ4n) is 2.56. The van der Waals surface area contributed by atoms with Gasteiger partial charge in [0, 0.05) is 31.0 Å². The Kier molecular flexibility index (Phi) is 6.75. The number of rotatable bonds is 5. The molecule has 0 N–H and O–H groups in total. The summed E-state index contributed by atoms with van der Waals surface area (Å²) in [6, 6.07) is 3.60. The van der Waals surface area contributed by atoms with Gasteiger partial charge in [-0.25, -0.2) is 4.79 Å². The van der Waals surface area contributed by atoms with E-state index in [0.717, 1.165) is 5.56 Å². The molecule has 2 aromatic heterocycles. The van der Waals surface area contributed by atoms with E-state index in [-0.39, 0.29) is 19.3 Å². The number of nitrogens with zero attached hydrogens (tertiary/aromatic N) is 4. The Morgan fingerprint density at radius 2 is 1.96 bits per heavy atom. The Morgan fingerprint density at radius 1 is 1.26 bits per heavy atom. The second kappa shape index (κ2) is 9.05. The molecule has 0 bridgehead atoms. The third-order valence-corrected chi connectivity index (χ3v) is 4.24. The molecule has 0 aromatic carbocycles. The Bertz CT molecular complexity index is 746. The molecule has 1 fully saturated rings. The summed E-state index contributed by atoms with van der Waals surface area (Å²) < 4.78 is 14.4. The summed E-state index contributed by atoms with van der Waals surface area (Å²) in [5.74, 6) is 0.883. The molecule has 11 heteroatoms. The average Bonchev–Trinajstić information content (AvgIpc) is 3.14. The van der Waals surface area contributed by atoms with Crippen molar-refractivity contribution in [3.05, 3.63) is 30.4 Å². The zero-order valence-electron chi connectivity index (χ0n) is 14.2. The van der Waals surface area contributed by atoms with Gasteiger partial charge in [-0.1, -0.05) is 40.0 Å². The Hall–Kier alpha value is -1.61. The maximum Gasteiger partial charge on any atom is 0.409 e. The number of carbonyl (C=O) groups is 1. The number of pyridine rings is 1. The van der Waals surface area contributed by atoms with Crippen molar-refractivity contribution in [1.82, 2.24) is 20.0 Å². The van der Waals surface area contributed by atoms with E-state index >= 15 is 0 Å². The number of hydrogen-bond donors (Lipinski definition) is 0. The number of ether oxygens (including phenoxy) is 2. The summed E-state index contributed by atoms with van der Waals surface area (Å²) >= 11 is 16.7. The van der Waals surface area contributed by atoms with Crippen LogP contribution in [0.3, 0.4) is 0 Å². The van der Waals surface area contributed by atoms with Gasteiger partial charge in [-0.3, -0.25) is 4.98 Å². The van der Waals surface area contributed by atoms with Crippen LogP contribution in [0.1, 0.15) is 18.7 Å². The van der Waals surface area contributed by atoms with Crippen LogP contribution in [0, 0.1) is 0 Å². The highest BCUT2D eigenvalue weighted by molar-refractivity contribution is 6.67. The topological polar surface area (TPSA) is 90.6 Å². The lowest BCUT2D eigenvalue weighted by Crippen LogP contribution is -2.41. The average molecular weight is 436 g/mol. The number of amides is 1. The first-order valence-electron chi connectivity index (χ1n) is 8.24. The van der Waals surface area contributed by atoms with E-state index in [2.05, 4.69) is 15.1 Å². The molecule has 0 saturated carbocycles. The lowest BCUT2D eigenvalue weighted by molar-refractivity contribution is -0.0123. The predicted molar refractivity (Wildman–Crippen MR) is 98.6 cm³/mol. The van der Waals surface area contributed by atoms with Crippen LogP contribution in [0.2, 0.25) is 0 Å². The molecular weight excluding hydrogens is 419 g/mol. The lowest BCUT2D eigenvalue weighted by Gasteiger charge is -2.31. The Balaban J connectivity index is 1.41. The number of alkyl halides is 3. The first-order chi connectivity index (χ1) is 12.9. The number of halogens is 3. The summed E-state index contributed by atoms with van der Waals surface area (Å²) in [5.41, 5.74) is 0.821. The third-order valence-electron chi connectivity index (χ3n) is 3.91. The lowest BCUT2D eigenvalue weighted by atomic mass is 10.1. The van der Waals surface area contributed by atoms with Gasteiger partial charge in [-0.05, 0) is 25.0 Å². The number of hydrogen-bond acceptors (Lipinski definition) is 7. The zero-order valence-corrected chi connectivity index (χ0v) is 16.5. The number of carbonyl (C=O) groups excluding carboxylic acids is 1. The smallest absolute Gasteiger partial charge is 0.409 e. The molecule has 1 aliphatic heterocycles. The molecule has 0 atom stereocenters. The van der Waals surface area contributed by atoms with Crippen LogP contribution in [-0.2, 0) is 16.1 Å². The van der Waals surface area contributed by atoms with Crippen molar-refractivity contribution in [2.24, 2.45) is 0 Å². The van der Waals surface area contributed by atoms with E-state index in [1.54, 1.807) is 29.4 Å². The number of piperidine rings is 1. The van der Waals surface area contributed by atoms with Crippen molar-refractivity contribution in [3.8, 4) is 11.4 Å². The van der Waals surface area contributed by atoms with Crippen LogP contribution >= 0.6 is 34.8 Å². The highest BCUT2D eigenvalue weighted by atomic mass is 35.6. The van der Waals surface area contributed by atoms with Gasteiger partial charge in [0.25, 0.3) is 5.89 Å². The van der Waals surface area contributed by atoms with Crippen molar-refractivity contribution in [2.75, 3.05) is 19.7 Å². The second-order valence-electron chi connectivity index (χ2n) is 5.91. The molecular formula is C16H17Cl3N4O4. The Labute approximate surface area is 170 Å². The predicted octanol–water partition coefficient (Wildman–Crippen LogP) is 3.62. The van der Waals surface area contributed by atoms with Gasteiger partial charge < -0.3 is 18.9 Å². The van der Waals surface area contributed by atoms with Gasteiger partial charge in [0.15, 0.2) is 0 Å². The summed E-state index contributed by atoms with van der Waals surface area (Å²) in [7, 11) is 0. The normalized spacial score (nSPS) is 15.7. The molecule has 0 radical (unpaired) electrons. The minimum atomic E-state index is -1.61. The highest BCUT2D eigenvalue weighted by Crippen LogP contribution is 2.26. The maximum atomic E-state index is 11.9. The summed E-state index contributed by atoms with van der Waals surface area (Å²) in [6.07, 6.45) is 4.13. The van der Waals surface area contributed by atoms with Crippen LogP contribution in [0.15, 0.2) is 29.0 Å². The van der Waals surface area contributed by atoms with Gasteiger partial charge in [0.1, 0.15) is 13.2 Å². The van der Waals surface area contributed by atoms with Crippen molar-refractivity contribution < 1.29 is 18.8 Å².